The predicted molar refractivity (Wildman–Crippen MR) is 138 cm³/mol. The van der Waals surface area contributed by atoms with Gasteiger partial charge in [0.2, 0.25) is 5.91 Å². The maximum atomic E-state index is 13.6. The Hall–Kier alpha value is -3.05. The van der Waals surface area contributed by atoms with Crippen molar-refractivity contribution in [1.29, 1.82) is 0 Å². The van der Waals surface area contributed by atoms with Crippen LogP contribution in [-0.4, -0.2) is 17.5 Å². The van der Waals surface area contributed by atoms with E-state index in [4.69, 9.17) is 4.74 Å². The van der Waals surface area contributed by atoms with Crippen LogP contribution in [0.4, 0.5) is 5.69 Å². The van der Waals surface area contributed by atoms with Gasteiger partial charge in [0.1, 0.15) is 5.60 Å². The Morgan fingerprint density at radius 3 is 2.06 bits per heavy atom. The summed E-state index contributed by atoms with van der Waals surface area (Å²) in [5.41, 5.74) is 2.80. The lowest BCUT2D eigenvalue weighted by atomic mass is 9.80. The zero-order chi connectivity index (χ0) is 24.2. The summed E-state index contributed by atoms with van der Waals surface area (Å²) >= 11 is 1.76. The fourth-order valence-corrected chi connectivity index (χ4v) is 5.21. The Morgan fingerprint density at radius 2 is 1.47 bits per heavy atom. The third-order valence-electron chi connectivity index (χ3n) is 5.92. The molecule has 5 heteroatoms. The van der Waals surface area contributed by atoms with Crippen LogP contribution in [-0.2, 0) is 32.9 Å². The summed E-state index contributed by atoms with van der Waals surface area (Å²) in [6.07, 6.45) is 1.11. The molecule has 3 aromatic rings. The van der Waals surface area contributed by atoms with Crippen molar-refractivity contribution in [2.45, 2.75) is 56.3 Å². The minimum atomic E-state index is -0.854. The molecule has 0 unspecified atom stereocenters. The van der Waals surface area contributed by atoms with Crippen molar-refractivity contribution in [3.63, 3.8) is 0 Å². The van der Waals surface area contributed by atoms with Crippen molar-refractivity contribution >= 4 is 29.3 Å². The average molecular weight is 474 g/mol. The van der Waals surface area contributed by atoms with Crippen LogP contribution in [0.5, 0.6) is 0 Å². The fraction of sp³-hybridized carbons (Fsp3) is 0.310. The molecule has 1 amide bonds. The molecule has 0 saturated carbocycles. The summed E-state index contributed by atoms with van der Waals surface area (Å²) < 4.78 is 5.58. The average Bonchev–Trinajstić information content (AvgIpc) is 3.17. The highest BCUT2D eigenvalue weighted by Crippen LogP contribution is 2.41. The summed E-state index contributed by atoms with van der Waals surface area (Å²) in [5, 5.41) is 3.07. The fourth-order valence-electron chi connectivity index (χ4n) is 4.35. The van der Waals surface area contributed by atoms with Gasteiger partial charge in [-0.05, 0) is 74.6 Å². The van der Waals surface area contributed by atoms with Crippen molar-refractivity contribution in [3.8, 4) is 0 Å². The molecule has 3 aromatic carbocycles. The molecule has 0 spiro atoms. The molecule has 1 N–H and O–H groups in total. The van der Waals surface area contributed by atoms with Gasteiger partial charge in [-0.3, -0.25) is 9.59 Å². The lowest BCUT2D eigenvalue weighted by molar-refractivity contribution is -0.159. The Labute approximate surface area is 206 Å². The second-order valence-corrected chi connectivity index (χ2v) is 11.0. The van der Waals surface area contributed by atoms with Crippen LogP contribution in [0.1, 0.15) is 43.9 Å². The van der Waals surface area contributed by atoms with E-state index in [1.54, 1.807) is 11.8 Å². The number of amides is 1. The number of rotatable bonds is 7. The van der Waals surface area contributed by atoms with Gasteiger partial charge >= 0.3 is 5.97 Å². The van der Waals surface area contributed by atoms with E-state index < -0.39 is 11.0 Å². The van der Waals surface area contributed by atoms with Gasteiger partial charge in [0.15, 0.2) is 0 Å². The normalized spacial score (nSPS) is 14.3. The van der Waals surface area contributed by atoms with Crippen LogP contribution >= 0.6 is 11.8 Å². The zero-order valence-corrected chi connectivity index (χ0v) is 20.8. The van der Waals surface area contributed by atoms with Crippen molar-refractivity contribution in [2.75, 3.05) is 5.32 Å². The van der Waals surface area contributed by atoms with Gasteiger partial charge in [-0.2, -0.15) is 0 Å². The molecule has 0 heterocycles. The molecule has 0 atom stereocenters. The SMILES string of the molecule is CC(C)(C)OC(=O)CC1(C(=O)Nc2ccc(SCc3ccccc3)cc2)Cc2ccccc2C1. The predicted octanol–water partition coefficient (Wildman–Crippen LogP) is 6.43. The molecule has 1 aliphatic carbocycles. The van der Waals surface area contributed by atoms with Gasteiger partial charge in [0.25, 0.3) is 0 Å². The number of thioether (sulfide) groups is 1. The maximum Gasteiger partial charge on any atom is 0.307 e. The minimum absolute atomic E-state index is 0.0514. The number of anilines is 1. The van der Waals surface area contributed by atoms with Crippen LogP contribution in [0.2, 0.25) is 0 Å². The maximum absolute atomic E-state index is 13.6. The highest BCUT2D eigenvalue weighted by molar-refractivity contribution is 7.98. The monoisotopic (exact) mass is 473 g/mol. The van der Waals surface area contributed by atoms with Crippen LogP contribution < -0.4 is 5.32 Å². The zero-order valence-electron chi connectivity index (χ0n) is 20.0. The van der Waals surface area contributed by atoms with Crippen LogP contribution in [0.3, 0.4) is 0 Å². The van der Waals surface area contributed by atoms with Gasteiger partial charge in [-0.1, -0.05) is 54.6 Å². The first kappa shape index (κ1) is 24.1. The van der Waals surface area contributed by atoms with Crippen molar-refractivity contribution < 1.29 is 14.3 Å². The molecule has 0 radical (unpaired) electrons. The third-order valence-corrected chi connectivity index (χ3v) is 7.00. The second kappa shape index (κ2) is 10.1. The summed E-state index contributed by atoms with van der Waals surface area (Å²) in [6, 6.07) is 26.3. The van der Waals surface area contributed by atoms with Crippen molar-refractivity contribution in [2.24, 2.45) is 5.41 Å². The topological polar surface area (TPSA) is 55.4 Å². The standard InChI is InChI=1S/C29H31NO3S/c1-28(2,3)33-26(31)19-29(17-22-11-7-8-12-23(22)18-29)27(32)30-24-13-15-25(16-14-24)34-20-21-9-5-4-6-10-21/h4-16H,17-20H2,1-3H3,(H,30,32). The first-order valence-electron chi connectivity index (χ1n) is 11.6. The Morgan fingerprint density at radius 1 is 0.882 bits per heavy atom. The number of fused-ring (bicyclic) bond motifs is 1. The lowest BCUT2D eigenvalue weighted by Gasteiger charge is -2.29. The second-order valence-electron chi connectivity index (χ2n) is 9.92. The van der Waals surface area contributed by atoms with E-state index in [1.165, 1.54) is 5.56 Å². The first-order chi connectivity index (χ1) is 16.2. The molecule has 1 aliphatic rings. The quantitative estimate of drug-likeness (QED) is 0.317. The van der Waals surface area contributed by atoms with Gasteiger partial charge in [0, 0.05) is 16.3 Å². The van der Waals surface area contributed by atoms with Crippen molar-refractivity contribution in [3.05, 3.63) is 95.6 Å². The van der Waals surface area contributed by atoms with E-state index >= 15 is 0 Å². The van der Waals surface area contributed by atoms with E-state index in [1.807, 2.05) is 87.5 Å². The van der Waals surface area contributed by atoms with Crippen LogP contribution in [0, 0.1) is 5.41 Å². The molecule has 0 saturated heterocycles. The molecule has 0 aromatic heterocycles. The smallest absolute Gasteiger partial charge is 0.307 e. The van der Waals surface area contributed by atoms with Gasteiger partial charge < -0.3 is 10.1 Å². The number of hydrogen-bond acceptors (Lipinski definition) is 4. The Kier molecular flexibility index (Phi) is 7.13. The number of hydrogen-bond donors (Lipinski definition) is 1. The van der Waals surface area contributed by atoms with Gasteiger partial charge in [-0.25, -0.2) is 0 Å². The van der Waals surface area contributed by atoms with E-state index in [0.29, 0.717) is 12.8 Å². The third kappa shape index (κ3) is 6.09. The highest BCUT2D eigenvalue weighted by atomic mass is 32.2. The molecular weight excluding hydrogens is 442 g/mol. The Balaban J connectivity index is 1.46. The first-order valence-corrected chi connectivity index (χ1v) is 12.6. The van der Waals surface area contributed by atoms with Crippen LogP contribution in [0.15, 0.2) is 83.8 Å². The van der Waals surface area contributed by atoms with Crippen molar-refractivity contribution in [1.82, 2.24) is 0 Å². The molecule has 0 fully saturated rings. The number of nitrogens with one attached hydrogen (secondary N) is 1. The van der Waals surface area contributed by atoms with Crippen LogP contribution in [0.25, 0.3) is 0 Å². The molecular formula is C29H31NO3S. The number of carbonyl (C=O) groups excluding carboxylic acids is 2. The van der Waals surface area contributed by atoms with E-state index in [9.17, 15) is 9.59 Å². The lowest BCUT2D eigenvalue weighted by Crippen LogP contribution is -2.40. The Bertz CT molecular complexity index is 1120. The molecule has 0 aliphatic heterocycles. The molecule has 4 rings (SSSR count). The number of ether oxygens (including phenoxy) is 1. The largest absolute Gasteiger partial charge is 0.460 e. The van der Waals surface area contributed by atoms with E-state index in [2.05, 4.69) is 17.4 Å². The summed E-state index contributed by atoms with van der Waals surface area (Å²) in [5.74, 6) is 0.409. The summed E-state index contributed by atoms with van der Waals surface area (Å²) in [7, 11) is 0. The molecule has 4 nitrogen and oxygen atoms in total. The highest BCUT2D eigenvalue weighted by Gasteiger charge is 2.46. The summed E-state index contributed by atoms with van der Waals surface area (Å²) in [6.45, 7) is 5.54. The van der Waals surface area contributed by atoms with E-state index in [-0.39, 0.29) is 18.3 Å². The van der Waals surface area contributed by atoms with E-state index in [0.717, 1.165) is 27.5 Å². The number of benzene rings is 3. The molecule has 176 valence electrons. The van der Waals surface area contributed by atoms with Gasteiger partial charge in [0.05, 0.1) is 11.8 Å². The minimum Gasteiger partial charge on any atom is -0.460 e. The molecule has 34 heavy (non-hydrogen) atoms. The molecule has 0 bridgehead atoms. The summed E-state index contributed by atoms with van der Waals surface area (Å²) in [4.78, 5) is 27.5. The number of esters is 1. The van der Waals surface area contributed by atoms with Gasteiger partial charge in [-0.15, -0.1) is 11.8 Å². The number of carbonyl (C=O) groups is 2.